The largest absolute Gasteiger partial charge is 0.307 e. The summed E-state index contributed by atoms with van der Waals surface area (Å²) in [7, 11) is -3.72. The number of nitrogens with zero attached hydrogens (tertiary/aromatic N) is 3. The maximum absolute atomic E-state index is 13.8. The Bertz CT molecular complexity index is 3190. The van der Waals surface area contributed by atoms with E-state index >= 15 is 0 Å². The molecule has 0 N–H and O–H groups in total. The molecule has 54 heavy (non-hydrogen) atoms. The van der Waals surface area contributed by atoms with E-state index in [1.807, 2.05) is 30.3 Å². The van der Waals surface area contributed by atoms with Gasteiger partial charge in [0, 0.05) is 49.4 Å². The van der Waals surface area contributed by atoms with Crippen molar-refractivity contribution in [3.05, 3.63) is 188 Å². The van der Waals surface area contributed by atoms with Gasteiger partial charge in [-0.2, -0.15) is 0 Å². The summed E-state index contributed by atoms with van der Waals surface area (Å²) in [5.41, 5.74) is 9.54. The smallest absolute Gasteiger partial charge is 0.206 e. The second-order valence-corrected chi connectivity index (χ2v) is 15.7. The molecular formula is C48H31N3O2S. The monoisotopic (exact) mass is 713 g/mol. The minimum atomic E-state index is -3.72. The number of para-hydroxylation sites is 4. The van der Waals surface area contributed by atoms with E-state index in [1.54, 1.807) is 36.4 Å². The molecule has 3 heterocycles. The van der Waals surface area contributed by atoms with Gasteiger partial charge in [-0.25, -0.2) is 8.42 Å². The molecule has 0 saturated carbocycles. The Balaban J connectivity index is 1.35. The van der Waals surface area contributed by atoms with Gasteiger partial charge in [0.1, 0.15) is 0 Å². The second-order valence-electron chi connectivity index (χ2n) is 13.7. The molecule has 8 aromatic carbocycles. The van der Waals surface area contributed by atoms with Crippen LogP contribution in [0.5, 0.6) is 0 Å². The zero-order valence-corrected chi connectivity index (χ0v) is 29.8. The van der Waals surface area contributed by atoms with Crippen LogP contribution in [0.1, 0.15) is 0 Å². The van der Waals surface area contributed by atoms with Crippen molar-refractivity contribution in [1.82, 2.24) is 13.7 Å². The number of benzene rings is 8. The molecule has 0 unspecified atom stereocenters. The van der Waals surface area contributed by atoms with Crippen LogP contribution in [0.2, 0.25) is 0 Å². The third-order valence-electron chi connectivity index (χ3n) is 10.8. The molecule has 11 aromatic rings. The average Bonchev–Trinajstić information content (AvgIpc) is 3.88. The van der Waals surface area contributed by atoms with E-state index in [9.17, 15) is 8.42 Å². The summed E-state index contributed by atoms with van der Waals surface area (Å²) in [4.78, 5) is 0.531. The SMILES string of the molecule is O=S(=O)(c1ccccc1)c1ccc(-n2c3c(ccc4c5ccccc5n(-c5ccccc5)c43)c3ccc4c5ccccc5n(-c5ccccc5)c4c32)cc1. The summed E-state index contributed by atoms with van der Waals surface area (Å²) in [5.74, 6) is 0. The van der Waals surface area contributed by atoms with Gasteiger partial charge in [-0.05, 0) is 72.8 Å². The minimum absolute atomic E-state index is 0.255. The van der Waals surface area contributed by atoms with Crippen LogP contribution in [0.4, 0.5) is 0 Å². The first kappa shape index (κ1) is 30.7. The number of hydrogen-bond donors (Lipinski definition) is 0. The van der Waals surface area contributed by atoms with Gasteiger partial charge in [-0.3, -0.25) is 0 Å². The lowest BCUT2D eigenvalue weighted by molar-refractivity contribution is 0.596. The van der Waals surface area contributed by atoms with Gasteiger partial charge in [0.25, 0.3) is 0 Å². The molecular weight excluding hydrogens is 683 g/mol. The van der Waals surface area contributed by atoms with Crippen molar-refractivity contribution in [1.29, 1.82) is 0 Å². The van der Waals surface area contributed by atoms with E-state index < -0.39 is 9.84 Å². The fourth-order valence-electron chi connectivity index (χ4n) is 8.54. The van der Waals surface area contributed by atoms with Gasteiger partial charge in [0.05, 0.1) is 42.9 Å². The molecule has 0 atom stereocenters. The van der Waals surface area contributed by atoms with E-state index in [0.29, 0.717) is 0 Å². The molecule has 0 spiro atoms. The van der Waals surface area contributed by atoms with E-state index in [1.165, 1.54) is 10.8 Å². The van der Waals surface area contributed by atoms with Gasteiger partial charge >= 0.3 is 0 Å². The summed E-state index contributed by atoms with van der Waals surface area (Å²) in [6.45, 7) is 0. The first-order valence-electron chi connectivity index (χ1n) is 18.0. The number of aromatic nitrogens is 3. The Labute approximate surface area is 311 Å². The van der Waals surface area contributed by atoms with Crippen LogP contribution in [0.25, 0.3) is 82.5 Å². The molecule has 0 radical (unpaired) electrons. The van der Waals surface area contributed by atoms with E-state index in [2.05, 4.69) is 135 Å². The third-order valence-corrected chi connectivity index (χ3v) is 12.6. The number of fused-ring (bicyclic) bond motifs is 11. The fraction of sp³-hybridized carbons (Fsp3) is 0. The molecule has 6 heteroatoms. The predicted octanol–water partition coefficient (Wildman–Crippen LogP) is 11.8. The van der Waals surface area contributed by atoms with Crippen LogP contribution >= 0.6 is 0 Å². The molecule has 11 rings (SSSR count). The zero-order chi connectivity index (χ0) is 36.0. The Morgan fingerprint density at radius 2 is 0.611 bits per heavy atom. The van der Waals surface area contributed by atoms with Crippen molar-refractivity contribution < 1.29 is 8.42 Å². The summed E-state index contributed by atoms with van der Waals surface area (Å²) in [6.07, 6.45) is 0. The molecule has 3 aromatic heterocycles. The fourth-order valence-corrected chi connectivity index (χ4v) is 9.82. The van der Waals surface area contributed by atoms with Crippen molar-refractivity contribution in [2.75, 3.05) is 0 Å². The Kier molecular flexibility index (Phi) is 6.57. The highest BCUT2D eigenvalue weighted by Crippen LogP contribution is 2.45. The molecule has 0 aliphatic heterocycles. The standard InChI is InChI=1S/C48H31N3O2S/c52-54(53,35-18-8-3-9-19-35)36-26-24-34(25-27-36)51-47-41(30-28-39-37-20-10-12-22-43(37)49(45(39)47)32-14-4-1-5-15-32)42-31-29-40-38-21-11-13-23-44(38)50(46(40)48(42)51)33-16-6-2-7-17-33/h1-31H. The lowest BCUT2D eigenvalue weighted by atomic mass is 10.1. The minimum Gasteiger partial charge on any atom is -0.307 e. The van der Waals surface area contributed by atoms with Gasteiger partial charge in [-0.15, -0.1) is 0 Å². The Morgan fingerprint density at radius 1 is 0.278 bits per heavy atom. The highest BCUT2D eigenvalue weighted by molar-refractivity contribution is 7.91. The Morgan fingerprint density at radius 3 is 1.07 bits per heavy atom. The van der Waals surface area contributed by atoms with Gasteiger partial charge in [-0.1, -0.05) is 115 Å². The van der Waals surface area contributed by atoms with Gasteiger partial charge in [0.2, 0.25) is 9.84 Å². The summed E-state index contributed by atoms with van der Waals surface area (Å²) in [5, 5.41) is 6.87. The molecule has 0 aliphatic carbocycles. The van der Waals surface area contributed by atoms with Crippen LogP contribution in [0.15, 0.2) is 198 Å². The molecule has 256 valence electrons. The summed E-state index contributed by atoms with van der Waals surface area (Å²) < 4.78 is 34.7. The first-order chi connectivity index (χ1) is 26.6. The van der Waals surface area contributed by atoms with Crippen LogP contribution in [0.3, 0.4) is 0 Å². The maximum Gasteiger partial charge on any atom is 0.206 e. The van der Waals surface area contributed by atoms with Crippen molar-refractivity contribution in [3.63, 3.8) is 0 Å². The maximum atomic E-state index is 13.8. The number of rotatable bonds is 5. The van der Waals surface area contributed by atoms with Gasteiger partial charge < -0.3 is 13.7 Å². The average molecular weight is 714 g/mol. The second kappa shape index (κ2) is 11.6. The normalized spacial score (nSPS) is 12.2. The van der Waals surface area contributed by atoms with E-state index in [0.717, 1.165) is 71.7 Å². The predicted molar refractivity (Wildman–Crippen MR) is 221 cm³/mol. The molecule has 0 aliphatic rings. The molecule has 0 saturated heterocycles. The van der Waals surface area contributed by atoms with E-state index in [-0.39, 0.29) is 9.79 Å². The van der Waals surface area contributed by atoms with Crippen LogP contribution < -0.4 is 0 Å². The molecule has 0 bridgehead atoms. The first-order valence-corrected chi connectivity index (χ1v) is 19.5. The highest BCUT2D eigenvalue weighted by Gasteiger charge is 2.25. The number of hydrogen-bond acceptors (Lipinski definition) is 2. The van der Waals surface area contributed by atoms with E-state index in [4.69, 9.17) is 0 Å². The Hall–Kier alpha value is -6.89. The van der Waals surface area contributed by atoms with Crippen LogP contribution in [-0.2, 0) is 9.84 Å². The quantitative estimate of drug-likeness (QED) is 0.178. The molecule has 5 nitrogen and oxygen atoms in total. The van der Waals surface area contributed by atoms with Crippen molar-refractivity contribution in [2.24, 2.45) is 0 Å². The molecule has 0 fully saturated rings. The van der Waals surface area contributed by atoms with Crippen LogP contribution in [-0.4, -0.2) is 22.1 Å². The topological polar surface area (TPSA) is 48.9 Å². The van der Waals surface area contributed by atoms with Crippen molar-refractivity contribution in [2.45, 2.75) is 9.79 Å². The zero-order valence-electron chi connectivity index (χ0n) is 29.0. The lowest BCUT2D eigenvalue weighted by Gasteiger charge is -2.15. The summed E-state index contributed by atoms with van der Waals surface area (Å²) in [6, 6.07) is 63.3. The highest BCUT2D eigenvalue weighted by atomic mass is 32.2. The lowest BCUT2D eigenvalue weighted by Crippen LogP contribution is -2.03. The third kappa shape index (κ3) is 4.29. The number of sulfone groups is 1. The van der Waals surface area contributed by atoms with Crippen molar-refractivity contribution >= 4 is 75.3 Å². The van der Waals surface area contributed by atoms with Crippen LogP contribution in [0, 0.1) is 0 Å². The van der Waals surface area contributed by atoms with Gasteiger partial charge in [0.15, 0.2) is 0 Å². The molecule has 0 amide bonds. The van der Waals surface area contributed by atoms with Crippen molar-refractivity contribution in [3.8, 4) is 17.1 Å². The summed E-state index contributed by atoms with van der Waals surface area (Å²) >= 11 is 0.